The normalized spacial score (nSPS) is 12.7. The van der Waals surface area contributed by atoms with Gasteiger partial charge in [-0.05, 0) is 58.1 Å². The summed E-state index contributed by atoms with van der Waals surface area (Å²) in [6, 6.07) is 14.6. The number of carbonyl (C=O) groups is 7. The third-order valence-electron chi connectivity index (χ3n) is 7.71. The summed E-state index contributed by atoms with van der Waals surface area (Å²) in [5.74, 6) is -3.89. The molecule has 0 fully saturated rings. The number of ether oxygens (including phenoxy) is 5. The molecule has 0 saturated carbocycles. The third-order valence-corrected chi connectivity index (χ3v) is 7.71. The smallest absolute Gasteiger partial charge is 0.328 e. The molecular weight excluding hydrogens is 728 g/mol. The van der Waals surface area contributed by atoms with Crippen LogP contribution in [0.1, 0.15) is 77.3 Å². The summed E-state index contributed by atoms with van der Waals surface area (Å²) in [5.41, 5.74) is 6.62. The Morgan fingerprint density at radius 3 is 1.86 bits per heavy atom. The molecule has 3 unspecified atom stereocenters. The largest absolute Gasteiger partial charge is 0.461 e. The van der Waals surface area contributed by atoms with Crippen molar-refractivity contribution in [2.24, 2.45) is 5.73 Å². The molecule has 56 heavy (non-hydrogen) atoms. The zero-order valence-corrected chi connectivity index (χ0v) is 32.7. The Balaban J connectivity index is 1.82. The van der Waals surface area contributed by atoms with Crippen LogP contribution in [0.2, 0.25) is 0 Å². The van der Waals surface area contributed by atoms with Crippen LogP contribution in [0, 0.1) is 0 Å². The quantitative estimate of drug-likeness (QED) is 0.0610. The van der Waals surface area contributed by atoms with E-state index in [0.29, 0.717) is 5.56 Å². The first-order valence-electron chi connectivity index (χ1n) is 18.5. The van der Waals surface area contributed by atoms with Gasteiger partial charge in [0.25, 0.3) is 0 Å². The first-order valence-corrected chi connectivity index (χ1v) is 18.5. The zero-order chi connectivity index (χ0) is 41.3. The molecule has 0 bridgehead atoms. The van der Waals surface area contributed by atoms with E-state index in [0.717, 1.165) is 5.56 Å². The summed E-state index contributed by atoms with van der Waals surface area (Å²) in [6.07, 6.45) is -0.283. The molecule has 0 radical (unpaired) electrons. The van der Waals surface area contributed by atoms with Crippen LogP contribution in [0.3, 0.4) is 0 Å². The Labute approximate surface area is 327 Å². The molecule has 3 amide bonds. The Bertz CT molecular complexity index is 1550. The number of rotatable bonds is 26. The molecule has 2 rings (SSSR count). The number of hydrogen-bond acceptors (Lipinski definition) is 13. The van der Waals surface area contributed by atoms with Gasteiger partial charge in [0.2, 0.25) is 17.7 Å². The molecule has 0 saturated heterocycles. The Morgan fingerprint density at radius 1 is 0.661 bits per heavy atom. The van der Waals surface area contributed by atoms with Gasteiger partial charge in [0.1, 0.15) is 49.3 Å². The van der Waals surface area contributed by atoms with Gasteiger partial charge in [-0.15, -0.1) is 0 Å². The second-order valence-corrected chi connectivity index (χ2v) is 13.9. The van der Waals surface area contributed by atoms with Crippen molar-refractivity contribution in [3.63, 3.8) is 0 Å². The van der Waals surface area contributed by atoms with Gasteiger partial charge in [0.05, 0.1) is 19.8 Å². The highest BCUT2D eigenvalue weighted by Crippen LogP contribution is 2.11. The minimum atomic E-state index is -1.26. The number of Topliss-reactive ketones (excluding diaryl/α,β-unsaturated/α-hetero) is 1. The second-order valence-electron chi connectivity index (χ2n) is 13.9. The predicted molar refractivity (Wildman–Crippen MR) is 203 cm³/mol. The van der Waals surface area contributed by atoms with Crippen LogP contribution in [0.4, 0.5) is 0 Å². The first kappa shape index (κ1) is 47.0. The SMILES string of the molecule is CC(=O)CCC(NC(=O)COCCOCCNC(=O)CCC(N)C(=O)OC(C)(C)C)C(=O)NC(CCC(=O)OCc1ccccc1)C(=O)OCc1ccccc1. The van der Waals surface area contributed by atoms with Crippen LogP contribution < -0.4 is 21.7 Å². The van der Waals surface area contributed by atoms with E-state index in [4.69, 9.17) is 29.4 Å². The van der Waals surface area contributed by atoms with Crippen molar-refractivity contribution in [1.29, 1.82) is 0 Å². The standard InChI is InChI=1S/C40H56N4O12/c1-28(45)15-17-32(43-35(47)27-53-24-23-52-22-21-42-34(46)19-16-31(41)38(50)56-40(2,3)4)37(49)44-33(39(51)55-26-30-13-9-6-10-14-30)18-20-36(48)54-25-29-11-7-5-8-12-29/h5-14,31-33H,15-27,41H2,1-4H3,(H,42,46)(H,43,47)(H,44,49). The molecule has 0 heterocycles. The Kier molecular flexibility index (Phi) is 21.6. The molecule has 16 nitrogen and oxygen atoms in total. The van der Waals surface area contributed by atoms with Crippen LogP contribution in [0.25, 0.3) is 0 Å². The van der Waals surface area contributed by atoms with E-state index in [2.05, 4.69) is 16.0 Å². The van der Waals surface area contributed by atoms with Crippen molar-refractivity contribution in [2.45, 2.75) is 103 Å². The minimum absolute atomic E-state index is 0.0200. The number of nitrogens with two attached hydrogens (primary N) is 1. The number of benzene rings is 2. The maximum absolute atomic E-state index is 13.4. The Morgan fingerprint density at radius 2 is 1.25 bits per heavy atom. The van der Waals surface area contributed by atoms with Gasteiger partial charge in [0, 0.05) is 25.8 Å². The van der Waals surface area contributed by atoms with Crippen LogP contribution in [0.5, 0.6) is 0 Å². The summed E-state index contributed by atoms with van der Waals surface area (Å²) >= 11 is 0. The van der Waals surface area contributed by atoms with E-state index >= 15 is 0 Å². The maximum atomic E-state index is 13.4. The van der Waals surface area contributed by atoms with Gasteiger partial charge in [0.15, 0.2) is 0 Å². The summed E-state index contributed by atoms with van der Waals surface area (Å²) in [5, 5.41) is 7.77. The number of nitrogens with one attached hydrogen (secondary N) is 3. The van der Waals surface area contributed by atoms with E-state index in [1.165, 1.54) is 6.92 Å². The highest BCUT2D eigenvalue weighted by atomic mass is 16.6. The topological polar surface area (TPSA) is 228 Å². The van der Waals surface area contributed by atoms with Gasteiger partial charge in [-0.3, -0.25) is 24.0 Å². The summed E-state index contributed by atoms with van der Waals surface area (Å²) in [6.45, 7) is 6.54. The zero-order valence-electron chi connectivity index (χ0n) is 32.7. The fraction of sp³-hybridized carbons (Fsp3) is 0.525. The molecule has 0 aliphatic rings. The van der Waals surface area contributed by atoms with Crippen molar-refractivity contribution in [3.05, 3.63) is 71.8 Å². The average molecular weight is 785 g/mol. The summed E-state index contributed by atoms with van der Waals surface area (Å²) in [7, 11) is 0. The number of hydrogen-bond donors (Lipinski definition) is 4. The summed E-state index contributed by atoms with van der Waals surface area (Å²) < 4.78 is 26.7. The molecule has 3 atom stereocenters. The number of amides is 3. The van der Waals surface area contributed by atoms with Crippen LogP contribution in [0.15, 0.2) is 60.7 Å². The van der Waals surface area contributed by atoms with Crippen molar-refractivity contribution < 1.29 is 57.2 Å². The molecule has 0 aliphatic carbocycles. The molecule has 308 valence electrons. The van der Waals surface area contributed by atoms with Gasteiger partial charge >= 0.3 is 17.9 Å². The number of ketones is 1. The second kappa shape index (κ2) is 25.8. The lowest BCUT2D eigenvalue weighted by Gasteiger charge is -2.22. The third kappa shape index (κ3) is 21.6. The fourth-order valence-electron chi connectivity index (χ4n) is 4.79. The number of carbonyl (C=O) groups excluding carboxylic acids is 7. The van der Waals surface area contributed by atoms with E-state index in [1.54, 1.807) is 57.2 Å². The van der Waals surface area contributed by atoms with E-state index in [9.17, 15) is 33.6 Å². The van der Waals surface area contributed by atoms with Gasteiger partial charge in [-0.25, -0.2) is 4.79 Å². The molecule has 0 spiro atoms. The molecule has 0 aromatic heterocycles. The average Bonchev–Trinajstić information content (AvgIpc) is 3.16. The van der Waals surface area contributed by atoms with E-state index in [-0.39, 0.29) is 89.8 Å². The molecule has 0 aliphatic heterocycles. The Hall–Kier alpha value is -5.19. The fourth-order valence-corrected chi connectivity index (χ4v) is 4.79. The van der Waals surface area contributed by atoms with Crippen molar-refractivity contribution in [1.82, 2.24) is 16.0 Å². The maximum Gasteiger partial charge on any atom is 0.328 e. The van der Waals surface area contributed by atoms with Crippen LogP contribution in [-0.4, -0.2) is 98.1 Å². The van der Waals surface area contributed by atoms with Gasteiger partial charge < -0.3 is 50.2 Å². The highest BCUT2D eigenvalue weighted by molar-refractivity contribution is 5.91. The molecular formula is C40H56N4O12. The molecule has 2 aromatic rings. The lowest BCUT2D eigenvalue weighted by Crippen LogP contribution is -2.52. The first-order chi connectivity index (χ1) is 26.6. The predicted octanol–water partition coefficient (Wildman–Crippen LogP) is 2.19. The lowest BCUT2D eigenvalue weighted by atomic mass is 10.1. The van der Waals surface area contributed by atoms with E-state index < -0.39 is 60.1 Å². The van der Waals surface area contributed by atoms with E-state index in [1.807, 2.05) is 24.3 Å². The summed E-state index contributed by atoms with van der Waals surface area (Å²) in [4.78, 5) is 87.7. The lowest BCUT2D eigenvalue weighted by molar-refractivity contribution is -0.156. The minimum Gasteiger partial charge on any atom is -0.461 e. The number of esters is 3. The molecule has 5 N–H and O–H groups in total. The van der Waals surface area contributed by atoms with Crippen molar-refractivity contribution >= 4 is 41.4 Å². The highest BCUT2D eigenvalue weighted by Gasteiger charge is 2.29. The van der Waals surface area contributed by atoms with Crippen molar-refractivity contribution in [2.75, 3.05) is 33.0 Å². The van der Waals surface area contributed by atoms with Crippen LogP contribution >= 0.6 is 0 Å². The molecule has 16 heteroatoms. The van der Waals surface area contributed by atoms with Gasteiger partial charge in [-0.1, -0.05) is 60.7 Å². The monoisotopic (exact) mass is 784 g/mol. The van der Waals surface area contributed by atoms with Gasteiger partial charge in [-0.2, -0.15) is 0 Å². The molecule has 2 aromatic carbocycles. The van der Waals surface area contributed by atoms with Crippen LogP contribution in [-0.2, 0) is 70.5 Å². The van der Waals surface area contributed by atoms with Crippen molar-refractivity contribution in [3.8, 4) is 0 Å².